The Balaban J connectivity index is 1.64. The van der Waals surface area contributed by atoms with Gasteiger partial charge in [-0.2, -0.15) is 0 Å². The fourth-order valence-electron chi connectivity index (χ4n) is 4.98. The summed E-state index contributed by atoms with van der Waals surface area (Å²) in [6.07, 6.45) is 0. The minimum absolute atomic E-state index is 0.0119. The number of aryl methyl sites for hydroxylation is 2. The lowest BCUT2D eigenvalue weighted by molar-refractivity contribution is -0.117. The van der Waals surface area contributed by atoms with Crippen LogP contribution in [-0.4, -0.2) is 29.9 Å². The normalized spacial score (nSPS) is 15.6. The Morgan fingerprint density at radius 1 is 0.946 bits per heavy atom. The number of amides is 1. The van der Waals surface area contributed by atoms with E-state index in [4.69, 9.17) is 4.42 Å². The zero-order chi connectivity index (χ0) is 26.3. The predicted octanol–water partition coefficient (Wildman–Crippen LogP) is 6.68. The van der Waals surface area contributed by atoms with Crippen LogP contribution in [0.25, 0.3) is 11.0 Å². The number of carbonyl (C=O) groups excluding carboxylic acids is 2. The highest BCUT2D eigenvalue weighted by Gasteiger charge is 2.45. The van der Waals surface area contributed by atoms with Crippen molar-refractivity contribution in [3.8, 4) is 0 Å². The second-order valence-corrected chi connectivity index (χ2v) is 9.35. The molecule has 6 nitrogen and oxygen atoms in total. The third kappa shape index (κ3) is 4.18. The summed E-state index contributed by atoms with van der Waals surface area (Å²) in [5.74, 6) is -1.59. The van der Waals surface area contributed by atoms with Crippen LogP contribution in [0.1, 0.15) is 47.1 Å². The molecule has 6 heteroatoms. The number of aliphatic hydroxyl groups is 1. The van der Waals surface area contributed by atoms with Crippen LogP contribution in [-0.2, 0) is 4.79 Å². The zero-order valence-corrected chi connectivity index (χ0v) is 21.5. The molecule has 0 aliphatic carbocycles. The van der Waals surface area contributed by atoms with E-state index in [1.807, 2.05) is 74.5 Å². The molecule has 1 aliphatic heterocycles. The average molecular weight is 495 g/mol. The van der Waals surface area contributed by atoms with Gasteiger partial charge < -0.3 is 14.4 Å². The van der Waals surface area contributed by atoms with Gasteiger partial charge in [-0.15, -0.1) is 0 Å². The lowest BCUT2D eigenvalue weighted by atomic mass is 9.94. The van der Waals surface area contributed by atoms with E-state index in [1.54, 1.807) is 12.1 Å². The second-order valence-electron chi connectivity index (χ2n) is 9.35. The first-order valence-corrected chi connectivity index (χ1v) is 12.6. The Kier molecular flexibility index (Phi) is 6.34. The molecule has 4 aromatic rings. The Morgan fingerprint density at radius 2 is 1.65 bits per heavy atom. The Bertz CT molecular complexity index is 1490. The van der Waals surface area contributed by atoms with Crippen molar-refractivity contribution in [3.05, 3.63) is 107 Å². The number of para-hydroxylation sites is 1. The lowest BCUT2D eigenvalue weighted by Crippen LogP contribution is -2.31. The van der Waals surface area contributed by atoms with Gasteiger partial charge >= 0.3 is 0 Å². The number of rotatable bonds is 7. The van der Waals surface area contributed by atoms with E-state index < -0.39 is 23.5 Å². The fraction of sp³-hybridized carbons (Fsp3) is 0.226. The predicted molar refractivity (Wildman–Crippen MR) is 146 cm³/mol. The summed E-state index contributed by atoms with van der Waals surface area (Å²) >= 11 is 0. The molecule has 1 amide bonds. The van der Waals surface area contributed by atoms with E-state index >= 15 is 0 Å². The van der Waals surface area contributed by atoms with Crippen LogP contribution in [0, 0.1) is 13.8 Å². The Morgan fingerprint density at radius 3 is 2.30 bits per heavy atom. The number of aliphatic hydroxyl groups excluding tert-OH is 1. The SMILES string of the molecule is CCN(CC)c1ccc(C2C(C(=O)c3cc4ccccc4o3)=C(O)C(=O)N2c2ccc(C)c(C)c2)cc1. The summed E-state index contributed by atoms with van der Waals surface area (Å²) in [7, 11) is 0. The summed E-state index contributed by atoms with van der Waals surface area (Å²) in [5.41, 5.74) is 5.08. The molecule has 188 valence electrons. The van der Waals surface area contributed by atoms with E-state index in [1.165, 1.54) is 4.90 Å². The van der Waals surface area contributed by atoms with E-state index in [0.29, 0.717) is 11.3 Å². The van der Waals surface area contributed by atoms with Crippen LogP contribution in [0.4, 0.5) is 11.4 Å². The molecule has 1 atom stereocenters. The number of Topliss-reactive ketones (excluding diaryl/α,β-unsaturated/α-hetero) is 1. The van der Waals surface area contributed by atoms with Crippen LogP contribution < -0.4 is 9.80 Å². The molecule has 1 aliphatic rings. The average Bonchev–Trinajstić information content (AvgIpc) is 3.46. The smallest absolute Gasteiger partial charge is 0.294 e. The molecular formula is C31H30N2O4. The highest BCUT2D eigenvalue weighted by Crippen LogP contribution is 2.43. The van der Waals surface area contributed by atoms with Gasteiger partial charge in [-0.05, 0) is 80.8 Å². The quantitative estimate of drug-likeness (QED) is 0.290. The summed E-state index contributed by atoms with van der Waals surface area (Å²) in [6.45, 7) is 9.90. The van der Waals surface area contributed by atoms with Gasteiger partial charge in [-0.1, -0.05) is 36.4 Å². The molecule has 0 bridgehead atoms. The number of carbonyl (C=O) groups is 2. The largest absolute Gasteiger partial charge is 0.503 e. The Labute approximate surface area is 216 Å². The number of benzene rings is 3. The number of nitrogens with zero attached hydrogens (tertiary/aromatic N) is 2. The first kappa shape index (κ1) is 24.4. The first-order chi connectivity index (χ1) is 17.8. The molecule has 0 fully saturated rings. The molecule has 0 saturated heterocycles. The fourth-order valence-corrected chi connectivity index (χ4v) is 4.98. The van der Waals surface area contributed by atoms with E-state index in [2.05, 4.69) is 18.7 Å². The maximum absolute atomic E-state index is 13.8. The van der Waals surface area contributed by atoms with Crippen molar-refractivity contribution in [2.45, 2.75) is 33.7 Å². The molecule has 1 aromatic heterocycles. The van der Waals surface area contributed by atoms with Crippen LogP contribution in [0.15, 0.2) is 88.5 Å². The van der Waals surface area contributed by atoms with Gasteiger partial charge in [0.05, 0.1) is 11.6 Å². The van der Waals surface area contributed by atoms with Gasteiger partial charge in [0, 0.05) is 29.9 Å². The van der Waals surface area contributed by atoms with Crippen molar-refractivity contribution < 1.29 is 19.1 Å². The standard InChI is InChI=1S/C31H30N2O4/c1-5-32(6-2)23-15-12-21(13-16-23)28-27(29(34)26-18-22-9-7-8-10-25(22)37-26)30(35)31(36)33(28)24-14-11-19(3)20(4)17-24/h7-18,28,35H,5-6H2,1-4H3. The summed E-state index contributed by atoms with van der Waals surface area (Å²) in [4.78, 5) is 31.0. The summed E-state index contributed by atoms with van der Waals surface area (Å²) in [5, 5.41) is 11.9. The van der Waals surface area contributed by atoms with Crippen molar-refractivity contribution in [2.75, 3.05) is 22.9 Å². The van der Waals surface area contributed by atoms with E-state index in [-0.39, 0.29) is 11.3 Å². The van der Waals surface area contributed by atoms with E-state index in [0.717, 1.165) is 40.9 Å². The van der Waals surface area contributed by atoms with Crippen molar-refractivity contribution >= 4 is 34.0 Å². The maximum Gasteiger partial charge on any atom is 0.294 e. The van der Waals surface area contributed by atoms with Gasteiger partial charge in [0.25, 0.3) is 5.91 Å². The summed E-state index contributed by atoms with van der Waals surface area (Å²) < 4.78 is 5.83. The van der Waals surface area contributed by atoms with Gasteiger partial charge in [-0.3, -0.25) is 14.5 Å². The van der Waals surface area contributed by atoms with Crippen molar-refractivity contribution in [1.29, 1.82) is 0 Å². The molecule has 3 aromatic carbocycles. The molecule has 0 radical (unpaired) electrons. The molecular weight excluding hydrogens is 464 g/mol. The molecule has 1 unspecified atom stereocenters. The molecule has 1 N–H and O–H groups in total. The highest BCUT2D eigenvalue weighted by atomic mass is 16.3. The van der Waals surface area contributed by atoms with Crippen LogP contribution in [0.3, 0.4) is 0 Å². The number of furan rings is 1. The van der Waals surface area contributed by atoms with Crippen LogP contribution in [0.2, 0.25) is 0 Å². The van der Waals surface area contributed by atoms with Crippen LogP contribution >= 0.6 is 0 Å². The van der Waals surface area contributed by atoms with Crippen LogP contribution in [0.5, 0.6) is 0 Å². The van der Waals surface area contributed by atoms with Crippen molar-refractivity contribution in [1.82, 2.24) is 0 Å². The number of hydrogen-bond acceptors (Lipinski definition) is 5. The second kappa shape index (κ2) is 9.62. The van der Waals surface area contributed by atoms with Gasteiger partial charge in [-0.25, -0.2) is 0 Å². The van der Waals surface area contributed by atoms with Crippen molar-refractivity contribution in [2.24, 2.45) is 0 Å². The lowest BCUT2D eigenvalue weighted by Gasteiger charge is -2.28. The number of anilines is 2. The topological polar surface area (TPSA) is 74.0 Å². The third-order valence-corrected chi connectivity index (χ3v) is 7.21. The minimum Gasteiger partial charge on any atom is -0.503 e. The van der Waals surface area contributed by atoms with Gasteiger partial charge in [0.2, 0.25) is 5.78 Å². The molecule has 37 heavy (non-hydrogen) atoms. The number of fused-ring (bicyclic) bond motifs is 1. The molecule has 2 heterocycles. The maximum atomic E-state index is 13.8. The van der Waals surface area contributed by atoms with Crippen molar-refractivity contribution in [3.63, 3.8) is 0 Å². The molecule has 0 saturated carbocycles. The monoisotopic (exact) mass is 494 g/mol. The number of ketones is 1. The van der Waals surface area contributed by atoms with E-state index in [9.17, 15) is 14.7 Å². The molecule has 0 spiro atoms. The minimum atomic E-state index is -0.805. The first-order valence-electron chi connectivity index (χ1n) is 12.6. The zero-order valence-electron chi connectivity index (χ0n) is 21.5. The van der Waals surface area contributed by atoms with Gasteiger partial charge in [0.15, 0.2) is 11.5 Å². The third-order valence-electron chi connectivity index (χ3n) is 7.21. The highest BCUT2D eigenvalue weighted by molar-refractivity contribution is 6.20. The Hall–Kier alpha value is -4.32. The number of hydrogen-bond donors (Lipinski definition) is 1. The van der Waals surface area contributed by atoms with Gasteiger partial charge in [0.1, 0.15) is 5.58 Å². The summed E-state index contributed by atoms with van der Waals surface area (Å²) in [6, 6.07) is 21.7. The molecule has 5 rings (SSSR count).